The zero-order valence-corrected chi connectivity index (χ0v) is 11.0. The first-order valence-corrected chi connectivity index (χ1v) is 6.95. The molecule has 0 aliphatic carbocycles. The van der Waals surface area contributed by atoms with Gasteiger partial charge in [0.25, 0.3) is 0 Å². The van der Waals surface area contributed by atoms with Crippen LogP contribution in [0.4, 0.5) is 0 Å². The van der Waals surface area contributed by atoms with Crippen LogP contribution in [0.5, 0.6) is 0 Å². The van der Waals surface area contributed by atoms with E-state index in [1.807, 2.05) is 47.8 Å². The first kappa shape index (κ1) is 12.1. The zero-order chi connectivity index (χ0) is 13.1. The molecule has 1 atom stereocenters. The number of rotatable bonds is 3. The van der Waals surface area contributed by atoms with Crippen molar-refractivity contribution in [3.8, 4) is 11.1 Å². The molecule has 0 aliphatic rings. The molecular weight excluding hydrogens is 254 g/mol. The lowest BCUT2D eigenvalue weighted by Crippen LogP contribution is -1.98. The van der Waals surface area contributed by atoms with Gasteiger partial charge >= 0.3 is 0 Å². The highest BCUT2D eigenvalue weighted by Crippen LogP contribution is 2.26. The maximum Gasteiger partial charge on any atom is 0.131 e. The van der Waals surface area contributed by atoms with Crippen LogP contribution in [0.15, 0.2) is 66.2 Å². The fourth-order valence-corrected chi connectivity index (χ4v) is 2.65. The fraction of sp³-hybridized carbons (Fsp3) is 0.0625. The molecule has 19 heavy (non-hydrogen) atoms. The van der Waals surface area contributed by atoms with Gasteiger partial charge in [-0.15, -0.1) is 11.3 Å². The van der Waals surface area contributed by atoms with Crippen molar-refractivity contribution in [2.75, 3.05) is 0 Å². The van der Waals surface area contributed by atoms with Crippen molar-refractivity contribution in [3.05, 3.63) is 76.7 Å². The summed E-state index contributed by atoms with van der Waals surface area (Å²) >= 11 is 1.47. The maximum atomic E-state index is 10.2. The molecule has 0 fully saturated rings. The Balaban J connectivity index is 1.87. The fourth-order valence-electron chi connectivity index (χ4n) is 2.00. The highest BCUT2D eigenvalue weighted by Gasteiger charge is 2.12. The van der Waals surface area contributed by atoms with Gasteiger partial charge in [0.2, 0.25) is 0 Å². The first-order chi connectivity index (χ1) is 9.34. The minimum Gasteiger partial charge on any atom is -0.381 e. The Kier molecular flexibility index (Phi) is 3.40. The van der Waals surface area contributed by atoms with Crippen LogP contribution in [-0.2, 0) is 0 Å². The second-order valence-electron chi connectivity index (χ2n) is 4.26. The lowest BCUT2D eigenvalue weighted by molar-refractivity contribution is 0.220. The molecule has 0 radical (unpaired) electrons. The number of aromatic nitrogens is 1. The molecule has 1 unspecified atom stereocenters. The van der Waals surface area contributed by atoms with Crippen LogP contribution in [-0.4, -0.2) is 10.1 Å². The van der Waals surface area contributed by atoms with Crippen molar-refractivity contribution in [2.45, 2.75) is 6.10 Å². The third-order valence-electron chi connectivity index (χ3n) is 3.02. The Labute approximate surface area is 116 Å². The van der Waals surface area contributed by atoms with Crippen molar-refractivity contribution in [3.63, 3.8) is 0 Å². The van der Waals surface area contributed by atoms with Gasteiger partial charge in [-0.3, -0.25) is 0 Å². The number of thiazole rings is 1. The Hall–Kier alpha value is -1.97. The van der Waals surface area contributed by atoms with Gasteiger partial charge in [-0.25, -0.2) is 4.98 Å². The molecule has 0 spiro atoms. The largest absolute Gasteiger partial charge is 0.381 e. The molecule has 94 valence electrons. The molecule has 1 aromatic heterocycles. The quantitative estimate of drug-likeness (QED) is 0.781. The standard InChI is InChI=1S/C16H13NOS/c18-15(16-17-10-11-19-16)14-8-6-13(7-9-14)12-4-2-1-3-5-12/h1-11,15,18H. The number of nitrogens with zero attached hydrogens (tertiary/aromatic N) is 1. The van der Waals surface area contributed by atoms with Crippen LogP contribution in [0.3, 0.4) is 0 Å². The molecule has 0 saturated carbocycles. The molecule has 0 saturated heterocycles. The van der Waals surface area contributed by atoms with Gasteiger partial charge in [0, 0.05) is 11.6 Å². The van der Waals surface area contributed by atoms with E-state index in [0.717, 1.165) is 16.1 Å². The Morgan fingerprint density at radius 1 is 0.895 bits per heavy atom. The average molecular weight is 267 g/mol. The third kappa shape index (κ3) is 2.57. The van der Waals surface area contributed by atoms with Crippen LogP contribution >= 0.6 is 11.3 Å². The van der Waals surface area contributed by atoms with Crippen LogP contribution < -0.4 is 0 Å². The maximum absolute atomic E-state index is 10.2. The van der Waals surface area contributed by atoms with Gasteiger partial charge in [-0.05, 0) is 16.7 Å². The number of benzene rings is 2. The lowest BCUT2D eigenvalue weighted by atomic mass is 10.0. The highest BCUT2D eigenvalue weighted by atomic mass is 32.1. The average Bonchev–Trinajstić information content (AvgIpc) is 3.02. The van der Waals surface area contributed by atoms with E-state index in [-0.39, 0.29) is 0 Å². The van der Waals surface area contributed by atoms with E-state index in [9.17, 15) is 5.11 Å². The summed E-state index contributed by atoms with van der Waals surface area (Å²) in [6.07, 6.45) is 1.08. The van der Waals surface area contributed by atoms with Gasteiger partial charge in [0.1, 0.15) is 11.1 Å². The van der Waals surface area contributed by atoms with E-state index < -0.39 is 6.10 Å². The summed E-state index contributed by atoms with van der Waals surface area (Å²) in [6.45, 7) is 0. The van der Waals surface area contributed by atoms with Gasteiger partial charge in [0.05, 0.1) is 0 Å². The summed E-state index contributed by atoms with van der Waals surface area (Å²) in [7, 11) is 0. The molecule has 1 N–H and O–H groups in total. The molecule has 2 nitrogen and oxygen atoms in total. The molecule has 3 heteroatoms. The molecule has 2 aromatic carbocycles. The van der Waals surface area contributed by atoms with Gasteiger partial charge in [-0.2, -0.15) is 0 Å². The van der Waals surface area contributed by atoms with Crippen LogP contribution in [0.2, 0.25) is 0 Å². The van der Waals surface area contributed by atoms with Crippen LogP contribution in [0.1, 0.15) is 16.7 Å². The van der Waals surface area contributed by atoms with Crippen molar-refractivity contribution in [2.24, 2.45) is 0 Å². The number of aliphatic hydroxyl groups excluding tert-OH is 1. The topological polar surface area (TPSA) is 33.1 Å². The Morgan fingerprint density at radius 3 is 2.21 bits per heavy atom. The van der Waals surface area contributed by atoms with E-state index in [2.05, 4.69) is 17.1 Å². The van der Waals surface area contributed by atoms with Crippen molar-refractivity contribution < 1.29 is 5.11 Å². The van der Waals surface area contributed by atoms with E-state index in [0.29, 0.717) is 0 Å². The molecule has 3 rings (SSSR count). The minimum absolute atomic E-state index is 0.634. The predicted molar refractivity (Wildman–Crippen MR) is 78.1 cm³/mol. The second-order valence-corrected chi connectivity index (χ2v) is 5.19. The summed E-state index contributed by atoms with van der Waals surface area (Å²) in [4.78, 5) is 4.14. The summed E-state index contributed by atoms with van der Waals surface area (Å²) in [5, 5.41) is 12.8. The van der Waals surface area contributed by atoms with E-state index in [1.165, 1.54) is 16.9 Å². The van der Waals surface area contributed by atoms with Gasteiger partial charge in [-0.1, -0.05) is 54.6 Å². The van der Waals surface area contributed by atoms with Gasteiger partial charge < -0.3 is 5.11 Å². The first-order valence-electron chi connectivity index (χ1n) is 6.07. The summed E-state index contributed by atoms with van der Waals surface area (Å²) in [6, 6.07) is 18.2. The molecular formula is C16H13NOS. The second kappa shape index (κ2) is 5.34. The summed E-state index contributed by atoms with van der Waals surface area (Å²) < 4.78 is 0. The Bertz CT molecular complexity index is 632. The summed E-state index contributed by atoms with van der Waals surface area (Å²) in [5.74, 6) is 0. The molecule has 0 bridgehead atoms. The Morgan fingerprint density at radius 2 is 1.58 bits per heavy atom. The minimum atomic E-state index is -0.634. The number of hydrogen-bond donors (Lipinski definition) is 1. The summed E-state index contributed by atoms with van der Waals surface area (Å²) in [5.41, 5.74) is 3.20. The molecule has 0 aliphatic heterocycles. The predicted octanol–water partition coefficient (Wildman–Crippen LogP) is 3.89. The highest BCUT2D eigenvalue weighted by molar-refractivity contribution is 7.09. The molecule has 1 heterocycles. The van der Waals surface area contributed by atoms with E-state index in [1.54, 1.807) is 6.20 Å². The third-order valence-corrected chi connectivity index (χ3v) is 3.85. The smallest absolute Gasteiger partial charge is 0.131 e. The zero-order valence-electron chi connectivity index (χ0n) is 10.2. The van der Waals surface area contributed by atoms with Crippen LogP contribution in [0, 0.1) is 0 Å². The number of hydrogen-bond acceptors (Lipinski definition) is 3. The number of aliphatic hydroxyl groups is 1. The SMILES string of the molecule is OC(c1ccc(-c2ccccc2)cc1)c1nccs1. The van der Waals surface area contributed by atoms with Crippen molar-refractivity contribution in [1.82, 2.24) is 4.98 Å². The normalized spacial score (nSPS) is 12.3. The van der Waals surface area contributed by atoms with E-state index >= 15 is 0 Å². The van der Waals surface area contributed by atoms with E-state index in [4.69, 9.17) is 0 Å². The van der Waals surface area contributed by atoms with Gasteiger partial charge in [0.15, 0.2) is 0 Å². The van der Waals surface area contributed by atoms with Crippen LogP contribution in [0.25, 0.3) is 11.1 Å². The van der Waals surface area contributed by atoms with Crippen molar-refractivity contribution in [1.29, 1.82) is 0 Å². The molecule has 0 amide bonds. The monoisotopic (exact) mass is 267 g/mol. The molecule has 3 aromatic rings. The lowest BCUT2D eigenvalue weighted by Gasteiger charge is -2.09. The van der Waals surface area contributed by atoms with Crippen molar-refractivity contribution >= 4 is 11.3 Å².